The number of hydrogen-bond acceptors (Lipinski definition) is 2. The van der Waals surface area contributed by atoms with E-state index in [2.05, 4.69) is 69.3 Å². The molecule has 0 amide bonds. The van der Waals surface area contributed by atoms with E-state index in [1.54, 1.807) is 0 Å². The molecule has 0 saturated heterocycles. The third-order valence-corrected chi connectivity index (χ3v) is 12.1. The molecule has 0 spiro atoms. The minimum Gasteiger partial charge on any atom is -0.362 e. The van der Waals surface area contributed by atoms with Crippen molar-refractivity contribution in [2.24, 2.45) is 39.9 Å². The van der Waals surface area contributed by atoms with Crippen LogP contribution in [-0.2, 0) is 17.8 Å². The van der Waals surface area contributed by atoms with E-state index in [0.717, 1.165) is 29.7 Å². The van der Waals surface area contributed by atoms with Gasteiger partial charge in [0, 0.05) is 6.42 Å². The molecule has 0 bridgehead atoms. The maximum absolute atomic E-state index is 11.4. The summed E-state index contributed by atoms with van der Waals surface area (Å²) in [6.45, 7) is 8.10. The van der Waals surface area contributed by atoms with Crippen molar-refractivity contribution in [1.82, 2.24) is 0 Å². The summed E-state index contributed by atoms with van der Waals surface area (Å²) in [6, 6.07) is 21.5. The van der Waals surface area contributed by atoms with Gasteiger partial charge in [-0.3, -0.25) is 0 Å². The Kier molecular flexibility index (Phi) is 6.44. The van der Waals surface area contributed by atoms with Crippen molar-refractivity contribution in [1.29, 1.82) is 0 Å². The van der Waals surface area contributed by atoms with Crippen molar-refractivity contribution in [2.45, 2.75) is 91.0 Å². The largest absolute Gasteiger partial charge is 0.362 e. The van der Waals surface area contributed by atoms with E-state index in [4.69, 9.17) is 4.74 Å². The van der Waals surface area contributed by atoms with Crippen LogP contribution in [-0.4, -0.2) is 10.9 Å². The quantitative estimate of drug-likeness (QED) is 0.320. The van der Waals surface area contributed by atoms with Gasteiger partial charge in [-0.15, -0.1) is 0 Å². The normalized spacial score (nSPS) is 42.6. The van der Waals surface area contributed by atoms with Crippen molar-refractivity contribution in [3.63, 3.8) is 0 Å². The average Bonchev–Trinajstić information content (AvgIpc) is 3.21. The lowest BCUT2D eigenvalue weighted by atomic mass is 9.43. The van der Waals surface area contributed by atoms with E-state index in [-0.39, 0.29) is 5.41 Å². The van der Waals surface area contributed by atoms with Crippen LogP contribution in [0.3, 0.4) is 0 Å². The van der Waals surface area contributed by atoms with Crippen LogP contribution >= 0.6 is 0 Å². The van der Waals surface area contributed by atoms with Gasteiger partial charge in [0.15, 0.2) is 5.79 Å². The Bertz CT molecular complexity index is 1110. The molecule has 6 rings (SSSR count). The fourth-order valence-corrected chi connectivity index (χ4v) is 9.88. The Hall–Kier alpha value is -1.90. The van der Waals surface area contributed by atoms with Crippen LogP contribution in [0.4, 0.5) is 0 Å². The zero-order chi connectivity index (χ0) is 25.7. The van der Waals surface area contributed by atoms with Crippen molar-refractivity contribution in [2.75, 3.05) is 0 Å². The monoisotopic (exact) mass is 498 g/mol. The van der Waals surface area contributed by atoms with Gasteiger partial charge in [0.05, 0.1) is 6.61 Å². The molecule has 2 aromatic rings. The number of allylic oxidation sites excluding steroid dienone is 1. The number of fused-ring (bicyclic) bond motifs is 5. The highest BCUT2D eigenvalue weighted by molar-refractivity contribution is 5.23. The van der Waals surface area contributed by atoms with Crippen LogP contribution in [0.2, 0.25) is 0 Å². The maximum atomic E-state index is 11.4. The Morgan fingerprint density at radius 2 is 1.49 bits per heavy atom. The van der Waals surface area contributed by atoms with Crippen molar-refractivity contribution < 1.29 is 9.84 Å². The summed E-state index contributed by atoms with van der Waals surface area (Å²) in [5, 5.41) is 11.4. The summed E-state index contributed by atoms with van der Waals surface area (Å²) in [5.41, 5.74) is 3.66. The average molecular weight is 499 g/mol. The molecule has 198 valence electrons. The standard InChI is InChI=1S/C35H46O2/c1-4-34(23-26-11-7-5-8-12-26)20-18-31-29-16-15-28-24-35(36,37-25-27-13-9-6-10-14-27)22-21-32(28,2)30(29)17-19-33(31,34)3/h5-14,21-22,28-31,36H,4,15-20,23-25H2,1-3H3/t28?,29-,30+,31+,32+,33+,34+,35+/m1/s1. The number of hydrogen-bond donors (Lipinski definition) is 1. The lowest BCUT2D eigenvalue weighted by molar-refractivity contribution is -0.208. The van der Waals surface area contributed by atoms with E-state index in [0.29, 0.717) is 23.4 Å². The SMILES string of the molecule is CC[C@@]1(Cc2ccccc2)CC[C@H]2[C@@H]3CCC4C[C@@](O)(OCc5ccccc5)C=C[C@]4(C)[C@H]3CC[C@@]21C. The van der Waals surface area contributed by atoms with Crippen LogP contribution in [0, 0.1) is 39.9 Å². The zero-order valence-electron chi connectivity index (χ0n) is 23.2. The summed E-state index contributed by atoms with van der Waals surface area (Å²) in [4.78, 5) is 0. The molecule has 3 fully saturated rings. The predicted octanol–water partition coefficient (Wildman–Crippen LogP) is 8.35. The molecule has 8 atom stereocenters. The van der Waals surface area contributed by atoms with Crippen molar-refractivity contribution in [3.8, 4) is 0 Å². The molecule has 0 aromatic heterocycles. The Balaban J connectivity index is 1.22. The van der Waals surface area contributed by atoms with Crippen LogP contribution in [0.5, 0.6) is 0 Å². The number of ether oxygens (including phenoxy) is 1. The van der Waals surface area contributed by atoms with Crippen molar-refractivity contribution in [3.05, 3.63) is 83.9 Å². The fourth-order valence-electron chi connectivity index (χ4n) is 9.88. The molecule has 3 saturated carbocycles. The molecule has 2 aromatic carbocycles. The summed E-state index contributed by atoms with van der Waals surface area (Å²) in [5.74, 6) is 1.71. The zero-order valence-corrected chi connectivity index (χ0v) is 23.2. The van der Waals surface area contributed by atoms with Gasteiger partial charge >= 0.3 is 0 Å². The third kappa shape index (κ3) is 4.14. The van der Waals surface area contributed by atoms with Crippen molar-refractivity contribution >= 4 is 0 Å². The van der Waals surface area contributed by atoms with E-state index < -0.39 is 5.79 Å². The second-order valence-corrected chi connectivity index (χ2v) is 13.5. The van der Waals surface area contributed by atoms with Gasteiger partial charge in [0.1, 0.15) is 0 Å². The van der Waals surface area contributed by atoms with Gasteiger partial charge in [-0.05, 0) is 108 Å². The summed E-state index contributed by atoms with van der Waals surface area (Å²) in [6.07, 6.45) is 15.6. The second-order valence-electron chi connectivity index (χ2n) is 13.5. The highest BCUT2D eigenvalue weighted by Gasteiger charge is 2.64. The Morgan fingerprint density at radius 3 is 2.19 bits per heavy atom. The first-order valence-electron chi connectivity index (χ1n) is 15.0. The van der Waals surface area contributed by atoms with E-state index >= 15 is 0 Å². The summed E-state index contributed by atoms with van der Waals surface area (Å²) >= 11 is 0. The van der Waals surface area contributed by atoms with E-state index in [1.165, 1.54) is 56.9 Å². The molecule has 2 nitrogen and oxygen atoms in total. The maximum Gasteiger partial charge on any atom is 0.185 e. The minimum absolute atomic E-state index is 0.170. The van der Waals surface area contributed by atoms with Gasteiger partial charge in [-0.2, -0.15) is 0 Å². The van der Waals surface area contributed by atoms with Gasteiger partial charge in [-0.25, -0.2) is 0 Å². The third-order valence-electron chi connectivity index (χ3n) is 12.1. The first kappa shape index (κ1) is 25.4. The summed E-state index contributed by atoms with van der Waals surface area (Å²) < 4.78 is 6.14. The molecule has 0 aliphatic heterocycles. The Morgan fingerprint density at radius 1 is 0.811 bits per heavy atom. The molecule has 0 heterocycles. The number of aliphatic hydroxyl groups is 1. The highest BCUT2D eigenvalue weighted by atomic mass is 16.6. The lowest BCUT2D eigenvalue weighted by Gasteiger charge is -2.61. The molecule has 37 heavy (non-hydrogen) atoms. The topological polar surface area (TPSA) is 29.5 Å². The molecular weight excluding hydrogens is 452 g/mol. The Labute approximate surface area is 224 Å². The first-order valence-corrected chi connectivity index (χ1v) is 15.0. The van der Waals surface area contributed by atoms with Gasteiger partial charge < -0.3 is 9.84 Å². The predicted molar refractivity (Wildman–Crippen MR) is 151 cm³/mol. The highest BCUT2D eigenvalue weighted by Crippen LogP contribution is 2.71. The second kappa shape index (κ2) is 9.38. The molecular formula is C35H46O2. The van der Waals surface area contributed by atoms with E-state index in [9.17, 15) is 5.11 Å². The number of benzene rings is 2. The van der Waals surface area contributed by atoms with Crippen LogP contribution in [0.1, 0.15) is 83.3 Å². The number of rotatable bonds is 6. The molecule has 4 aliphatic rings. The lowest BCUT2D eigenvalue weighted by Crippen LogP contribution is -2.55. The smallest absolute Gasteiger partial charge is 0.185 e. The van der Waals surface area contributed by atoms with Crippen LogP contribution < -0.4 is 0 Å². The fraction of sp³-hybridized carbons (Fsp3) is 0.600. The van der Waals surface area contributed by atoms with Gasteiger partial charge in [0.25, 0.3) is 0 Å². The van der Waals surface area contributed by atoms with Crippen LogP contribution in [0.25, 0.3) is 0 Å². The molecule has 1 unspecified atom stereocenters. The molecule has 2 heteroatoms. The molecule has 0 radical (unpaired) electrons. The molecule has 4 aliphatic carbocycles. The van der Waals surface area contributed by atoms with Crippen LogP contribution in [0.15, 0.2) is 72.8 Å². The van der Waals surface area contributed by atoms with Gasteiger partial charge in [0.2, 0.25) is 0 Å². The van der Waals surface area contributed by atoms with E-state index in [1.807, 2.05) is 24.3 Å². The first-order chi connectivity index (χ1) is 17.8. The molecule has 1 N–H and O–H groups in total. The van der Waals surface area contributed by atoms with Gasteiger partial charge in [-0.1, -0.05) is 87.5 Å². The minimum atomic E-state index is -1.14. The summed E-state index contributed by atoms with van der Waals surface area (Å²) in [7, 11) is 0.